The highest BCUT2D eigenvalue weighted by atomic mass is 32.2. The molecule has 0 aromatic carbocycles. The number of hydrogen-bond donors (Lipinski definition) is 0. The van der Waals surface area contributed by atoms with Gasteiger partial charge in [0.05, 0.1) is 5.75 Å². The lowest BCUT2D eigenvalue weighted by Crippen LogP contribution is -2.46. The molecule has 2 aliphatic rings. The van der Waals surface area contributed by atoms with Gasteiger partial charge in [-0.1, -0.05) is 19.3 Å². The van der Waals surface area contributed by atoms with Gasteiger partial charge in [0.25, 0.3) is 0 Å². The Morgan fingerprint density at radius 2 is 1.74 bits per heavy atom. The lowest BCUT2D eigenvalue weighted by Gasteiger charge is -2.35. The summed E-state index contributed by atoms with van der Waals surface area (Å²) in [4.78, 5) is 2.31. The van der Waals surface area contributed by atoms with E-state index in [-0.39, 0.29) is 0 Å². The van der Waals surface area contributed by atoms with Crippen molar-refractivity contribution in [2.45, 2.75) is 51.0 Å². The van der Waals surface area contributed by atoms with Gasteiger partial charge in [-0.15, -0.1) is 0 Å². The van der Waals surface area contributed by atoms with E-state index in [0.29, 0.717) is 24.3 Å². The maximum atomic E-state index is 12.4. The molecule has 19 heavy (non-hydrogen) atoms. The summed E-state index contributed by atoms with van der Waals surface area (Å²) in [5.41, 5.74) is 0. The molecule has 0 aromatic heterocycles. The minimum atomic E-state index is -3.06. The van der Waals surface area contributed by atoms with E-state index < -0.39 is 10.0 Å². The predicted octanol–water partition coefficient (Wildman–Crippen LogP) is 1.92. The molecule has 2 fully saturated rings. The zero-order valence-corrected chi connectivity index (χ0v) is 13.2. The number of sulfonamides is 1. The summed E-state index contributed by atoms with van der Waals surface area (Å²) < 4.78 is 26.4. The van der Waals surface area contributed by atoms with Crippen LogP contribution in [-0.2, 0) is 10.0 Å². The van der Waals surface area contributed by atoms with E-state index >= 15 is 0 Å². The lowest BCUT2D eigenvalue weighted by atomic mass is 10.0. The third-order valence-electron chi connectivity index (χ3n) is 4.79. The van der Waals surface area contributed by atoms with Crippen LogP contribution in [-0.4, -0.2) is 56.6 Å². The molecule has 0 spiro atoms. The van der Waals surface area contributed by atoms with Crippen LogP contribution < -0.4 is 0 Å². The minimum absolute atomic E-state index is 0.361. The molecule has 0 N–H and O–H groups in total. The predicted molar refractivity (Wildman–Crippen MR) is 78.6 cm³/mol. The SMILES string of the molecule is CN1CCCCC1CN(C)S(=O)(=O)CC1CCCC1. The second-order valence-corrected chi connectivity index (χ2v) is 8.46. The molecule has 1 aliphatic heterocycles. The van der Waals surface area contributed by atoms with Gasteiger partial charge < -0.3 is 4.90 Å². The first-order chi connectivity index (χ1) is 8.99. The van der Waals surface area contributed by atoms with E-state index in [1.807, 2.05) is 0 Å². The summed E-state index contributed by atoms with van der Waals surface area (Å²) in [7, 11) is 0.809. The standard InChI is InChI=1S/C14H28N2O2S/c1-15-10-6-5-9-14(15)11-16(2)19(17,18)12-13-7-3-4-8-13/h13-14H,3-12H2,1-2H3. The van der Waals surface area contributed by atoms with Gasteiger partial charge in [0.2, 0.25) is 10.0 Å². The lowest BCUT2D eigenvalue weighted by molar-refractivity contribution is 0.165. The van der Waals surface area contributed by atoms with Gasteiger partial charge in [-0.05, 0) is 45.2 Å². The van der Waals surface area contributed by atoms with Crippen LogP contribution in [0.3, 0.4) is 0 Å². The number of piperidine rings is 1. The average molecular weight is 288 g/mol. The zero-order chi connectivity index (χ0) is 13.9. The van der Waals surface area contributed by atoms with Crippen LogP contribution in [0.5, 0.6) is 0 Å². The fourth-order valence-corrected chi connectivity index (χ4v) is 4.97. The largest absolute Gasteiger partial charge is 0.302 e. The molecule has 1 heterocycles. The summed E-state index contributed by atoms with van der Waals surface area (Å²) in [5, 5.41) is 0. The second kappa shape index (κ2) is 6.55. The van der Waals surface area contributed by atoms with E-state index in [4.69, 9.17) is 0 Å². The van der Waals surface area contributed by atoms with Crippen molar-refractivity contribution in [3.05, 3.63) is 0 Å². The number of likely N-dealkylation sites (tertiary alicyclic amines) is 1. The molecule has 2 rings (SSSR count). The molecule has 1 aliphatic carbocycles. The fraction of sp³-hybridized carbons (Fsp3) is 1.00. The molecule has 0 bridgehead atoms. The van der Waals surface area contributed by atoms with E-state index in [2.05, 4.69) is 11.9 Å². The first-order valence-corrected chi connectivity index (χ1v) is 9.24. The molecule has 1 unspecified atom stereocenters. The van der Waals surface area contributed by atoms with Gasteiger partial charge >= 0.3 is 0 Å². The Labute approximate surface area is 118 Å². The highest BCUT2D eigenvalue weighted by Gasteiger charge is 2.29. The van der Waals surface area contributed by atoms with Crippen LogP contribution >= 0.6 is 0 Å². The number of nitrogens with zero attached hydrogens (tertiary/aromatic N) is 2. The average Bonchev–Trinajstić information content (AvgIpc) is 2.84. The molecule has 4 nitrogen and oxygen atoms in total. The van der Waals surface area contributed by atoms with Gasteiger partial charge in [-0.3, -0.25) is 0 Å². The number of rotatable bonds is 5. The van der Waals surface area contributed by atoms with Crippen molar-refractivity contribution in [3.63, 3.8) is 0 Å². The summed E-state index contributed by atoms with van der Waals surface area (Å²) in [6.07, 6.45) is 8.19. The van der Waals surface area contributed by atoms with Crippen LogP contribution in [0.1, 0.15) is 44.9 Å². The van der Waals surface area contributed by atoms with Crippen molar-refractivity contribution in [3.8, 4) is 0 Å². The molecule has 1 saturated heterocycles. The van der Waals surface area contributed by atoms with Crippen LogP contribution in [0.2, 0.25) is 0 Å². The van der Waals surface area contributed by atoms with Crippen molar-refractivity contribution in [1.29, 1.82) is 0 Å². The topological polar surface area (TPSA) is 40.6 Å². The maximum Gasteiger partial charge on any atom is 0.214 e. The zero-order valence-electron chi connectivity index (χ0n) is 12.3. The molecular weight excluding hydrogens is 260 g/mol. The van der Waals surface area contributed by atoms with Crippen molar-refractivity contribution in [2.24, 2.45) is 5.92 Å². The fourth-order valence-electron chi connectivity index (χ4n) is 3.39. The molecule has 1 saturated carbocycles. The van der Waals surface area contributed by atoms with Crippen molar-refractivity contribution in [2.75, 3.05) is 32.9 Å². The smallest absolute Gasteiger partial charge is 0.214 e. The second-order valence-electron chi connectivity index (χ2n) is 6.34. The molecule has 112 valence electrons. The monoisotopic (exact) mass is 288 g/mol. The Morgan fingerprint density at radius 1 is 1.11 bits per heavy atom. The van der Waals surface area contributed by atoms with E-state index in [1.165, 1.54) is 25.7 Å². The van der Waals surface area contributed by atoms with Crippen LogP contribution in [0.4, 0.5) is 0 Å². The van der Waals surface area contributed by atoms with Gasteiger partial charge in [-0.2, -0.15) is 0 Å². The minimum Gasteiger partial charge on any atom is -0.302 e. The normalized spacial score (nSPS) is 27.2. The summed E-state index contributed by atoms with van der Waals surface area (Å²) in [5.74, 6) is 0.761. The number of hydrogen-bond acceptors (Lipinski definition) is 3. The Morgan fingerprint density at radius 3 is 2.37 bits per heavy atom. The molecule has 0 aromatic rings. The van der Waals surface area contributed by atoms with Crippen molar-refractivity contribution < 1.29 is 8.42 Å². The summed E-state index contributed by atoms with van der Waals surface area (Å²) in [6.45, 7) is 1.76. The van der Waals surface area contributed by atoms with Gasteiger partial charge in [0.1, 0.15) is 0 Å². The summed E-state index contributed by atoms with van der Waals surface area (Å²) in [6, 6.07) is 0.400. The molecule has 5 heteroatoms. The third kappa shape index (κ3) is 4.17. The van der Waals surface area contributed by atoms with E-state index in [0.717, 1.165) is 25.8 Å². The quantitative estimate of drug-likeness (QED) is 0.776. The van der Waals surface area contributed by atoms with Gasteiger partial charge in [0, 0.05) is 19.6 Å². The number of likely N-dealkylation sites (N-methyl/N-ethyl adjacent to an activating group) is 2. The Hall–Kier alpha value is -0.130. The van der Waals surface area contributed by atoms with E-state index in [1.54, 1.807) is 11.4 Å². The molecule has 0 amide bonds. The van der Waals surface area contributed by atoms with Gasteiger partial charge in [0.15, 0.2) is 0 Å². The summed E-state index contributed by atoms with van der Waals surface area (Å²) >= 11 is 0. The molecular formula is C14H28N2O2S. The van der Waals surface area contributed by atoms with E-state index in [9.17, 15) is 8.42 Å². The molecule has 0 radical (unpaired) electrons. The van der Waals surface area contributed by atoms with Gasteiger partial charge in [-0.25, -0.2) is 12.7 Å². The van der Waals surface area contributed by atoms with Crippen LogP contribution in [0, 0.1) is 5.92 Å². The van der Waals surface area contributed by atoms with Crippen LogP contribution in [0.25, 0.3) is 0 Å². The highest BCUT2D eigenvalue weighted by Crippen LogP contribution is 2.27. The first-order valence-electron chi connectivity index (χ1n) is 7.63. The van der Waals surface area contributed by atoms with Crippen molar-refractivity contribution in [1.82, 2.24) is 9.21 Å². The Balaban J connectivity index is 1.88. The maximum absolute atomic E-state index is 12.4. The molecule has 1 atom stereocenters. The Bertz CT molecular complexity index is 377. The van der Waals surface area contributed by atoms with Crippen LogP contribution in [0.15, 0.2) is 0 Å². The first kappa shape index (κ1) is 15.3. The highest BCUT2D eigenvalue weighted by molar-refractivity contribution is 7.89. The van der Waals surface area contributed by atoms with Crippen molar-refractivity contribution >= 4 is 10.0 Å². The Kier molecular flexibility index (Phi) is 5.26. The third-order valence-corrected chi connectivity index (χ3v) is 6.78.